The maximum atomic E-state index is 13.0. The molecule has 3 amide bonds. The van der Waals surface area contributed by atoms with Gasteiger partial charge in [-0.2, -0.15) is 13.2 Å². The van der Waals surface area contributed by atoms with E-state index in [0.717, 1.165) is 28.7 Å². The second-order valence-corrected chi connectivity index (χ2v) is 10.3. The van der Waals surface area contributed by atoms with Gasteiger partial charge in [-0.25, -0.2) is 0 Å². The Labute approximate surface area is 240 Å². The third-order valence-corrected chi connectivity index (χ3v) is 7.13. The maximum Gasteiger partial charge on any atom is 0.416 e. The number of amides is 3. The number of hydrogen-bond acceptors (Lipinski definition) is 6. The predicted molar refractivity (Wildman–Crippen MR) is 149 cm³/mol. The van der Waals surface area contributed by atoms with E-state index in [1.54, 1.807) is 12.1 Å². The average molecular weight is 635 g/mol. The number of thioether (sulfide) groups is 1. The van der Waals surface area contributed by atoms with E-state index in [1.807, 2.05) is 37.3 Å². The molecule has 1 fully saturated rings. The second-order valence-electron chi connectivity index (χ2n) is 8.42. The van der Waals surface area contributed by atoms with E-state index >= 15 is 0 Å². The topological polar surface area (TPSA) is 84.9 Å². The molecular weight excluding hydrogens is 613 g/mol. The van der Waals surface area contributed by atoms with Gasteiger partial charge in [-0.15, -0.1) is 0 Å². The first-order valence-corrected chi connectivity index (χ1v) is 13.5. The SMILES string of the molecule is CCOc1cc(/C=C2\SC(=O)N(CC(=O)Nc3cccc(C(F)(F)F)c3)C2=O)c(Br)cc1OCc1ccccc1. The standard InChI is InChI=1S/C28H22BrF3N2O5S/c1-2-38-22-11-18(21(29)14-23(22)39-16-17-7-4-3-5-8-17)12-24-26(36)34(27(37)40-24)15-25(35)33-20-10-6-9-19(13-20)28(30,31)32/h3-14H,2,15-16H2,1H3,(H,33,35)/b24-12-. The Kier molecular flexibility index (Phi) is 9.21. The number of anilines is 1. The summed E-state index contributed by atoms with van der Waals surface area (Å²) in [5, 5.41) is 1.61. The monoisotopic (exact) mass is 634 g/mol. The molecule has 40 heavy (non-hydrogen) atoms. The first-order valence-electron chi connectivity index (χ1n) is 11.9. The molecule has 7 nitrogen and oxygen atoms in total. The van der Waals surface area contributed by atoms with Gasteiger partial charge in [-0.05, 0) is 66.2 Å². The molecule has 208 valence electrons. The number of ether oxygens (including phenoxy) is 2. The summed E-state index contributed by atoms with van der Waals surface area (Å²) in [6.45, 7) is 1.84. The van der Waals surface area contributed by atoms with Crippen molar-refractivity contribution in [3.63, 3.8) is 0 Å². The highest BCUT2D eigenvalue weighted by Gasteiger charge is 2.37. The third kappa shape index (κ3) is 7.24. The molecule has 12 heteroatoms. The number of rotatable bonds is 9. The highest BCUT2D eigenvalue weighted by atomic mass is 79.9. The van der Waals surface area contributed by atoms with Gasteiger partial charge in [-0.3, -0.25) is 19.3 Å². The van der Waals surface area contributed by atoms with Crippen molar-refractivity contribution < 1.29 is 37.0 Å². The van der Waals surface area contributed by atoms with Crippen LogP contribution >= 0.6 is 27.7 Å². The van der Waals surface area contributed by atoms with Gasteiger partial charge in [0.1, 0.15) is 13.2 Å². The Hall–Kier alpha value is -3.77. The normalized spacial score (nSPS) is 14.5. The highest BCUT2D eigenvalue weighted by Crippen LogP contribution is 2.38. The molecule has 4 rings (SSSR count). The molecular formula is C28H22BrF3N2O5S. The minimum absolute atomic E-state index is 0.0676. The van der Waals surface area contributed by atoms with Gasteiger partial charge in [0.25, 0.3) is 11.1 Å². The molecule has 0 unspecified atom stereocenters. The van der Waals surface area contributed by atoms with Gasteiger partial charge < -0.3 is 14.8 Å². The van der Waals surface area contributed by atoms with Crippen molar-refractivity contribution in [1.82, 2.24) is 4.90 Å². The minimum Gasteiger partial charge on any atom is -0.490 e. The van der Waals surface area contributed by atoms with Gasteiger partial charge in [0.15, 0.2) is 11.5 Å². The fourth-order valence-corrected chi connectivity index (χ4v) is 4.94. The number of carbonyl (C=O) groups is 3. The smallest absolute Gasteiger partial charge is 0.416 e. The summed E-state index contributed by atoms with van der Waals surface area (Å²) in [5.41, 5.74) is 0.461. The van der Waals surface area contributed by atoms with Crippen molar-refractivity contribution in [1.29, 1.82) is 0 Å². The van der Waals surface area contributed by atoms with Crippen LogP contribution in [0.5, 0.6) is 11.5 Å². The highest BCUT2D eigenvalue weighted by molar-refractivity contribution is 9.10. The van der Waals surface area contributed by atoms with Gasteiger partial charge in [0, 0.05) is 10.2 Å². The number of benzene rings is 3. The fraction of sp³-hybridized carbons (Fsp3) is 0.179. The van der Waals surface area contributed by atoms with Crippen molar-refractivity contribution in [2.75, 3.05) is 18.5 Å². The van der Waals surface area contributed by atoms with E-state index < -0.39 is 35.3 Å². The average Bonchev–Trinajstić information content (AvgIpc) is 3.17. The first kappa shape index (κ1) is 29.2. The number of hydrogen-bond donors (Lipinski definition) is 1. The molecule has 0 aromatic heterocycles. The summed E-state index contributed by atoms with van der Waals surface area (Å²) >= 11 is 4.12. The predicted octanol–water partition coefficient (Wildman–Crippen LogP) is 7.12. The minimum atomic E-state index is -4.58. The van der Waals surface area contributed by atoms with Crippen LogP contribution in [0.15, 0.2) is 76.1 Å². The fourth-order valence-electron chi connectivity index (χ4n) is 3.67. The van der Waals surface area contributed by atoms with E-state index in [2.05, 4.69) is 21.2 Å². The van der Waals surface area contributed by atoms with Crippen molar-refractivity contribution >= 4 is 56.5 Å². The molecule has 3 aromatic rings. The lowest BCUT2D eigenvalue weighted by Crippen LogP contribution is -2.36. The Morgan fingerprint density at radius 3 is 2.45 bits per heavy atom. The van der Waals surface area contributed by atoms with Crippen LogP contribution in [0.25, 0.3) is 6.08 Å². The summed E-state index contributed by atoms with van der Waals surface area (Å²) in [4.78, 5) is 38.7. The molecule has 0 aliphatic carbocycles. The van der Waals surface area contributed by atoms with Crippen LogP contribution in [0.1, 0.15) is 23.6 Å². The molecule has 0 bridgehead atoms. The number of nitrogens with one attached hydrogen (secondary N) is 1. The number of nitrogens with zero attached hydrogens (tertiary/aromatic N) is 1. The van der Waals surface area contributed by atoms with Crippen molar-refractivity contribution in [3.8, 4) is 11.5 Å². The van der Waals surface area contributed by atoms with E-state index in [9.17, 15) is 27.6 Å². The van der Waals surface area contributed by atoms with Crippen LogP contribution in [0.4, 0.5) is 23.7 Å². The largest absolute Gasteiger partial charge is 0.490 e. The lowest BCUT2D eigenvalue weighted by Gasteiger charge is -2.14. The van der Waals surface area contributed by atoms with E-state index in [4.69, 9.17) is 9.47 Å². The number of alkyl halides is 3. The number of carbonyl (C=O) groups excluding carboxylic acids is 3. The molecule has 3 aromatic carbocycles. The molecule has 0 atom stereocenters. The Morgan fingerprint density at radius 2 is 1.75 bits per heavy atom. The third-order valence-electron chi connectivity index (χ3n) is 5.54. The van der Waals surface area contributed by atoms with Crippen molar-refractivity contribution in [3.05, 3.63) is 92.8 Å². The van der Waals surface area contributed by atoms with Crippen LogP contribution in [0, 0.1) is 0 Å². The summed E-state index contributed by atoms with van der Waals surface area (Å²) < 4.78 is 51.1. The summed E-state index contributed by atoms with van der Waals surface area (Å²) in [6, 6.07) is 17.0. The lowest BCUT2D eigenvalue weighted by molar-refractivity contribution is -0.137. The van der Waals surface area contributed by atoms with Gasteiger partial charge in [0.2, 0.25) is 5.91 Å². The van der Waals surface area contributed by atoms with Crippen LogP contribution in [-0.4, -0.2) is 35.1 Å². The van der Waals surface area contributed by atoms with E-state index in [1.165, 1.54) is 12.1 Å². The zero-order valence-corrected chi connectivity index (χ0v) is 23.4. The quantitative estimate of drug-likeness (QED) is 0.252. The summed E-state index contributed by atoms with van der Waals surface area (Å²) in [5.74, 6) is -0.604. The van der Waals surface area contributed by atoms with Gasteiger partial charge in [0.05, 0.1) is 17.1 Å². The van der Waals surface area contributed by atoms with E-state index in [-0.39, 0.29) is 10.6 Å². The van der Waals surface area contributed by atoms with Crippen LogP contribution in [0.2, 0.25) is 0 Å². The summed E-state index contributed by atoms with van der Waals surface area (Å²) in [6.07, 6.45) is -3.09. The number of halogens is 4. The maximum absolute atomic E-state index is 13.0. The molecule has 1 N–H and O–H groups in total. The second kappa shape index (κ2) is 12.6. The molecule has 1 aliphatic rings. The molecule has 0 radical (unpaired) electrons. The van der Waals surface area contributed by atoms with Crippen LogP contribution in [-0.2, 0) is 22.4 Å². The summed E-state index contributed by atoms with van der Waals surface area (Å²) in [7, 11) is 0. The zero-order valence-electron chi connectivity index (χ0n) is 21.0. The Balaban J connectivity index is 1.48. The van der Waals surface area contributed by atoms with Crippen molar-refractivity contribution in [2.24, 2.45) is 0 Å². The van der Waals surface area contributed by atoms with Crippen LogP contribution < -0.4 is 14.8 Å². The first-order chi connectivity index (χ1) is 19.0. The molecule has 0 spiro atoms. The zero-order chi connectivity index (χ0) is 28.9. The molecule has 1 saturated heterocycles. The Bertz CT molecular complexity index is 1460. The molecule has 0 saturated carbocycles. The van der Waals surface area contributed by atoms with Gasteiger partial charge in [-0.1, -0.05) is 52.3 Å². The number of imide groups is 1. The molecule has 1 heterocycles. The van der Waals surface area contributed by atoms with Crippen LogP contribution in [0.3, 0.4) is 0 Å². The van der Waals surface area contributed by atoms with E-state index in [0.29, 0.717) is 46.5 Å². The Morgan fingerprint density at radius 1 is 1.02 bits per heavy atom. The van der Waals surface area contributed by atoms with Gasteiger partial charge >= 0.3 is 6.18 Å². The van der Waals surface area contributed by atoms with Crippen molar-refractivity contribution in [2.45, 2.75) is 19.7 Å². The molecule has 1 aliphatic heterocycles. The lowest BCUT2D eigenvalue weighted by atomic mass is 10.1.